The zero-order chi connectivity index (χ0) is 14.7. The van der Waals surface area contributed by atoms with E-state index in [4.69, 9.17) is 15.2 Å². The lowest BCUT2D eigenvalue weighted by Crippen LogP contribution is -2.09. The highest BCUT2D eigenvalue weighted by Gasteiger charge is 2.10. The molecule has 1 aromatic carbocycles. The van der Waals surface area contributed by atoms with Crippen molar-refractivity contribution in [3.8, 4) is 17.5 Å². The minimum absolute atomic E-state index is 0.0547. The maximum Gasteiger partial charge on any atom is 0.240 e. The van der Waals surface area contributed by atoms with Crippen LogP contribution in [0.25, 0.3) is 0 Å². The van der Waals surface area contributed by atoms with E-state index in [2.05, 4.69) is 20.9 Å². The van der Waals surface area contributed by atoms with Crippen molar-refractivity contribution in [3.05, 3.63) is 40.6 Å². The Morgan fingerprint density at radius 2 is 2.00 bits per heavy atom. The van der Waals surface area contributed by atoms with Gasteiger partial charge < -0.3 is 15.2 Å². The molecule has 0 bridgehead atoms. The van der Waals surface area contributed by atoms with Crippen LogP contribution in [0.5, 0.6) is 17.5 Å². The topological polar surface area (TPSA) is 57.4 Å². The second-order valence-corrected chi connectivity index (χ2v) is 5.24. The minimum atomic E-state index is -0.391. The fourth-order valence-corrected chi connectivity index (χ4v) is 1.80. The number of benzene rings is 1. The number of nitrogens with zero attached hydrogens (tertiary/aromatic N) is 1. The summed E-state index contributed by atoms with van der Waals surface area (Å²) in [7, 11) is 0. The Bertz CT molecular complexity index is 620. The van der Waals surface area contributed by atoms with Gasteiger partial charge in [-0.1, -0.05) is 0 Å². The van der Waals surface area contributed by atoms with Crippen LogP contribution in [0.4, 0.5) is 10.1 Å². The molecule has 0 fully saturated rings. The van der Waals surface area contributed by atoms with Gasteiger partial charge in [-0.25, -0.2) is 4.39 Å². The zero-order valence-electron chi connectivity index (χ0n) is 11.1. The van der Waals surface area contributed by atoms with E-state index in [-0.39, 0.29) is 12.0 Å². The molecule has 20 heavy (non-hydrogen) atoms. The summed E-state index contributed by atoms with van der Waals surface area (Å²) in [6.07, 6.45) is -0.0547. The highest BCUT2D eigenvalue weighted by Crippen LogP contribution is 2.31. The molecule has 1 heterocycles. The van der Waals surface area contributed by atoms with E-state index >= 15 is 0 Å². The van der Waals surface area contributed by atoms with E-state index in [0.717, 1.165) is 0 Å². The van der Waals surface area contributed by atoms with E-state index in [0.29, 0.717) is 21.8 Å². The van der Waals surface area contributed by atoms with Crippen LogP contribution in [-0.4, -0.2) is 11.1 Å². The predicted octanol–water partition coefficient (Wildman–Crippen LogP) is 4.14. The van der Waals surface area contributed by atoms with Gasteiger partial charge in [0.1, 0.15) is 11.6 Å². The van der Waals surface area contributed by atoms with Gasteiger partial charge in [-0.05, 0) is 48.0 Å². The largest absolute Gasteiger partial charge is 0.473 e. The van der Waals surface area contributed by atoms with Crippen LogP contribution in [0.3, 0.4) is 0 Å². The Morgan fingerprint density at radius 1 is 1.25 bits per heavy atom. The molecule has 2 aromatic rings. The summed E-state index contributed by atoms with van der Waals surface area (Å²) >= 11 is 3.29. The number of hydrogen-bond acceptors (Lipinski definition) is 4. The smallest absolute Gasteiger partial charge is 0.240 e. The molecule has 0 unspecified atom stereocenters. The molecule has 0 radical (unpaired) electrons. The lowest BCUT2D eigenvalue weighted by molar-refractivity contribution is 0.232. The number of aromatic nitrogens is 1. The van der Waals surface area contributed by atoms with E-state index in [1.165, 1.54) is 12.1 Å². The molecule has 0 saturated carbocycles. The van der Waals surface area contributed by atoms with Crippen LogP contribution in [0.1, 0.15) is 13.8 Å². The monoisotopic (exact) mass is 340 g/mol. The molecule has 0 saturated heterocycles. The Labute approximate surface area is 124 Å². The molecule has 0 amide bonds. The van der Waals surface area contributed by atoms with Gasteiger partial charge in [-0.2, -0.15) is 4.98 Å². The molecular formula is C14H14BrFN2O2. The number of pyridine rings is 1. The van der Waals surface area contributed by atoms with Crippen LogP contribution in [0, 0.1) is 5.82 Å². The zero-order valence-corrected chi connectivity index (χ0v) is 12.6. The molecule has 0 aliphatic rings. The summed E-state index contributed by atoms with van der Waals surface area (Å²) < 4.78 is 24.8. The number of halogens is 2. The van der Waals surface area contributed by atoms with E-state index in [1.54, 1.807) is 18.2 Å². The predicted molar refractivity (Wildman–Crippen MR) is 78.6 cm³/mol. The number of ether oxygens (including phenoxy) is 2. The van der Waals surface area contributed by atoms with Gasteiger partial charge in [0.15, 0.2) is 0 Å². The van der Waals surface area contributed by atoms with Crippen molar-refractivity contribution in [2.24, 2.45) is 0 Å². The molecule has 2 N–H and O–H groups in total. The average molecular weight is 341 g/mol. The van der Waals surface area contributed by atoms with Gasteiger partial charge >= 0.3 is 0 Å². The van der Waals surface area contributed by atoms with Gasteiger partial charge in [0, 0.05) is 12.1 Å². The number of rotatable bonds is 4. The summed E-state index contributed by atoms with van der Waals surface area (Å²) in [5.41, 5.74) is 6.19. The van der Waals surface area contributed by atoms with Gasteiger partial charge in [-0.15, -0.1) is 0 Å². The van der Waals surface area contributed by atoms with Gasteiger partial charge in [-0.3, -0.25) is 0 Å². The first-order valence-corrected chi connectivity index (χ1v) is 6.81. The second kappa shape index (κ2) is 6.09. The normalized spacial score (nSPS) is 10.7. The third-order valence-corrected chi connectivity index (χ3v) is 2.97. The van der Waals surface area contributed by atoms with E-state index in [1.807, 2.05) is 13.8 Å². The van der Waals surface area contributed by atoms with Crippen LogP contribution in [0.15, 0.2) is 34.8 Å². The molecule has 0 aliphatic heterocycles. The molecule has 0 aliphatic carbocycles. The van der Waals surface area contributed by atoms with Crippen molar-refractivity contribution in [3.63, 3.8) is 0 Å². The molecule has 106 valence electrons. The molecule has 2 rings (SSSR count). The quantitative estimate of drug-likeness (QED) is 0.908. The van der Waals surface area contributed by atoms with Crippen molar-refractivity contribution in [2.45, 2.75) is 20.0 Å². The summed E-state index contributed by atoms with van der Waals surface area (Å²) in [4.78, 5) is 4.17. The first kappa shape index (κ1) is 14.6. The fraction of sp³-hybridized carbons (Fsp3) is 0.214. The summed E-state index contributed by atoms with van der Waals surface area (Å²) in [5.74, 6) is 0.515. The standard InChI is InChI=1S/C14H14BrFN2O2/c1-8(2)19-14-11(17)5-6-13(18-14)20-12-7-9(16)3-4-10(12)15/h3-8H,17H2,1-2H3. The first-order valence-electron chi connectivity index (χ1n) is 6.02. The maximum atomic E-state index is 13.2. The lowest BCUT2D eigenvalue weighted by atomic mass is 10.3. The van der Waals surface area contributed by atoms with Crippen molar-refractivity contribution in [1.29, 1.82) is 0 Å². The Balaban J connectivity index is 2.27. The van der Waals surface area contributed by atoms with E-state index in [9.17, 15) is 4.39 Å². The molecule has 0 atom stereocenters. The van der Waals surface area contributed by atoms with Crippen molar-refractivity contribution in [2.75, 3.05) is 5.73 Å². The molecule has 6 heteroatoms. The molecule has 1 aromatic heterocycles. The average Bonchev–Trinajstić information content (AvgIpc) is 2.37. The molecule has 0 spiro atoms. The number of anilines is 1. The van der Waals surface area contributed by atoms with Crippen molar-refractivity contribution >= 4 is 21.6 Å². The first-order chi connectivity index (χ1) is 9.45. The third kappa shape index (κ3) is 3.60. The fourth-order valence-electron chi connectivity index (χ4n) is 1.48. The summed E-state index contributed by atoms with van der Waals surface area (Å²) in [5, 5.41) is 0. The SMILES string of the molecule is CC(C)Oc1nc(Oc2cc(F)ccc2Br)ccc1N. The Morgan fingerprint density at radius 3 is 2.70 bits per heavy atom. The maximum absolute atomic E-state index is 13.2. The number of hydrogen-bond donors (Lipinski definition) is 1. The third-order valence-electron chi connectivity index (χ3n) is 2.32. The highest BCUT2D eigenvalue weighted by molar-refractivity contribution is 9.10. The summed E-state index contributed by atoms with van der Waals surface area (Å²) in [6.45, 7) is 3.75. The second-order valence-electron chi connectivity index (χ2n) is 4.39. The summed E-state index contributed by atoms with van der Waals surface area (Å²) in [6, 6.07) is 7.40. The molecule has 4 nitrogen and oxygen atoms in total. The van der Waals surface area contributed by atoms with Gasteiger partial charge in [0.25, 0.3) is 0 Å². The van der Waals surface area contributed by atoms with E-state index < -0.39 is 5.82 Å². The molecular weight excluding hydrogens is 327 g/mol. The van der Waals surface area contributed by atoms with Gasteiger partial charge in [0.2, 0.25) is 11.8 Å². The Hall–Kier alpha value is -1.82. The van der Waals surface area contributed by atoms with Crippen LogP contribution >= 0.6 is 15.9 Å². The number of nitrogen functional groups attached to an aromatic ring is 1. The van der Waals surface area contributed by atoms with Crippen LogP contribution in [0.2, 0.25) is 0 Å². The minimum Gasteiger partial charge on any atom is -0.473 e. The lowest BCUT2D eigenvalue weighted by Gasteiger charge is -2.13. The van der Waals surface area contributed by atoms with Crippen LogP contribution in [-0.2, 0) is 0 Å². The Kier molecular flexibility index (Phi) is 4.44. The van der Waals surface area contributed by atoms with Gasteiger partial charge in [0.05, 0.1) is 16.3 Å². The van der Waals surface area contributed by atoms with Crippen molar-refractivity contribution in [1.82, 2.24) is 4.98 Å². The van der Waals surface area contributed by atoms with Crippen LogP contribution < -0.4 is 15.2 Å². The van der Waals surface area contributed by atoms with Crippen molar-refractivity contribution < 1.29 is 13.9 Å². The number of nitrogens with two attached hydrogens (primary N) is 1. The highest BCUT2D eigenvalue weighted by atomic mass is 79.9.